The first-order valence-electron chi connectivity index (χ1n) is 7.79. The Morgan fingerprint density at radius 3 is 2.36 bits per heavy atom. The van der Waals surface area contributed by atoms with Crippen LogP contribution < -0.4 is 15.4 Å². The highest BCUT2D eigenvalue weighted by atomic mass is 35.5. The summed E-state index contributed by atoms with van der Waals surface area (Å²) in [6.07, 6.45) is -0.529. The largest absolute Gasteiger partial charge is 0.492 e. The highest BCUT2D eigenvalue weighted by molar-refractivity contribution is 6.30. The molecule has 0 heterocycles. The fourth-order valence-corrected chi connectivity index (χ4v) is 2.08. The van der Waals surface area contributed by atoms with E-state index in [4.69, 9.17) is 21.1 Å². The van der Waals surface area contributed by atoms with Gasteiger partial charge in [-0.1, -0.05) is 11.6 Å². The zero-order valence-electron chi connectivity index (χ0n) is 13.8. The molecule has 0 atom stereocenters. The molecular formula is C18H19ClN2O4. The smallest absolute Gasteiger partial charge is 0.411 e. The Labute approximate surface area is 151 Å². The predicted octanol–water partition coefficient (Wildman–Crippen LogP) is 3.72. The molecule has 132 valence electrons. The van der Waals surface area contributed by atoms with E-state index in [0.717, 1.165) is 0 Å². The molecule has 2 aromatic rings. The van der Waals surface area contributed by atoms with Crippen LogP contribution in [-0.4, -0.2) is 31.8 Å². The van der Waals surface area contributed by atoms with Crippen molar-refractivity contribution in [3.63, 3.8) is 0 Å². The van der Waals surface area contributed by atoms with Crippen molar-refractivity contribution in [3.05, 3.63) is 59.1 Å². The molecule has 0 bridgehead atoms. The fourth-order valence-electron chi connectivity index (χ4n) is 1.96. The molecule has 2 N–H and O–H groups in total. The SMILES string of the molecule is CCOC(=O)Nc1ccc(C(=O)NCCOc2ccc(Cl)cc2)cc1. The van der Waals surface area contributed by atoms with Crippen molar-refractivity contribution in [1.29, 1.82) is 0 Å². The summed E-state index contributed by atoms with van der Waals surface area (Å²) in [6.45, 7) is 2.73. The van der Waals surface area contributed by atoms with Crippen LogP contribution in [-0.2, 0) is 4.74 Å². The van der Waals surface area contributed by atoms with E-state index in [-0.39, 0.29) is 5.91 Å². The lowest BCUT2D eigenvalue weighted by atomic mass is 10.2. The summed E-state index contributed by atoms with van der Waals surface area (Å²) >= 11 is 5.79. The number of rotatable bonds is 7. The van der Waals surface area contributed by atoms with E-state index in [2.05, 4.69) is 10.6 Å². The fraction of sp³-hybridized carbons (Fsp3) is 0.222. The minimum atomic E-state index is -0.529. The van der Waals surface area contributed by atoms with Crippen molar-refractivity contribution >= 4 is 29.3 Å². The number of benzene rings is 2. The minimum Gasteiger partial charge on any atom is -0.492 e. The number of hydrogen-bond donors (Lipinski definition) is 2. The van der Waals surface area contributed by atoms with Crippen LogP contribution in [0, 0.1) is 0 Å². The molecule has 0 aromatic heterocycles. The first-order chi connectivity index (χ1) is 12.1. The van der Waals surface area contributed by atoms with Crippen LogP contribution >= 0.6 is 11.6 Å². The Bertz CT molecular complexity index is 702. The van der Waals surface area contributed by atoms with Crippen molar-refractivity contribution in [2.24, 2.45) is 0 Å². The minimum absolute atomic E-state index is 0.220. The third kappa shape index (κ3) is 6.35. The molecule has 2 rings (SSSR count). The van der Waals surface area contributed by atoms with E-state index < -0.39 is 6.09 Å². The van der Waals surface area contributed by atoms with Gasteiger partial charge in [0.1, 0.15) is 12.4 Å². The molecule has 0 aliphatic heterocycles. The lowest BCUT2D eigenvalue weighted by Crippen LogP contribution is -2.28. The van der Waals surface area contributed by atoms with Crippen LogP contribution in [0.15, 0.2) is 48.5 Å². The van der Waals surface area contributed by atoms with E-state index in [9.17, 15) is 9.59 Å². The van der Waals surface area contributed by atoms with Gasteiger partial charge in [-0.05, 0) is 55.5 Å². The average Bonchev–Trinajstić information content (AvgIpc) is 2.61. The Balaban J connectivity index is 1.74. The Kier molecular flexibility index (Phi) is 7.10. The molecule has 25 heavy (non-hydrogen) atoms. The van der Waals surface area contributed by atoms with Gasteiger partial charge in [0.05, 0.1) is 13.2 Å². The summed E-state index contributed by atoms with van der Waals surface area (Å²) in [5.74, 6) is 0.468. The van der Waals surface area contributed by atoms with Gasteiger partial charge in [-0.3, -0.25) is 10.1 Å². The van der Waals surface area contributed by atoms with E-state index in [1.165, 1.54) is 0 Å². The first kappa shape index (κ1) is 18.6. The number of carbonyl (C=O) groups excluding carboxylic acids is 2. The maximum atomic E-state index is 12.0. The van der Waals surface area contributed by atoms with Gasteiger partial charge in [0, 0.05) is 16.3 Å². The van der Waals surface area contributed by atoms with Gasteiger partial charge in [-0.25, -0.2) is 4.79 Å². The molecule has 2 aromatic carbocycles. The summed E-state index contributed by atoms with van der Waals surface area (Å²) in [5.41, 5.74) is 1.04. The summed E-state index contributed by atoms with van der Waals surface area (Å²) < 4.78 is 10.3. The first-order valence-corrected chi connectivity index (χ1v) is 8.16. The molecule has 0 unspecified atom stereocenters. The molecule has 2 amide bonds. The van der Waals surface area contributed by atoms with Gasteiger partial charge in [0.15, 0.2) is 0 Å². The normalized spacial score (nSPS) is 10.0. The second-order valence-corrected chi connectivity index (χ2v) is 5.42. The lowest BCUT2D eigenvalue weighted by Gasteiger charge is -2.09. The highest BCUT2D eigenvalue weighted by Gasteiger charge is 2.06. The third-order valence-electron chi connectivity index (χ3n) is 3.14. The predicted molar refractivity (Wildman–Crippen MR) is 96.4 cm³/mol. The number of anilines is 1. The zero-order valence-corrected chi connectivity index (χ0v) is 14.5. The quantitative estimate of drug-likeness (QED) is 0.736. The zero-order chi connectivity index (χ0) is 18.1. The second-order valence-electron chi connectivity index (χ2n) is 4.98. The molecule has 0 saturated heterocycles. The topological polar surface area (TPSA) is 76.7 Å². The average molecular weight is 363 g/mol. The molecule has 0 aliphatic rings. The number of nitrogens with one attached hydrogen (secondary N) is 2. The van der Waals surface area contributed by atoms with Crippen LogP contribution in [0.25, 0.3) is 0 Å². The summed E-state index contributed by atoms with van der Waals surface area (Å²) in [4.78, 5) is 23.3. The van der Waals surface area contributed by atoms with Crippen LogP contribution in [0.5, 0.6) is 5.75 Å². The van der Waals surface area contributed by atoms with Crippen molar-refractivity contribution in [3.8, 4) is 5.75 Å². The number of halogens is 1. The van der Waals surface area contributed by atoms with Gasteiger partial charge in [-0.15, -0.1) is 0 Å². The monoisotopic (exact) mass is 362 g/mol. The van der Waals surface area contributed by atoms with Gasteiger partial charge in [0.25, 0.3) is 5.91 Å². The van der Waals surface area contributed by atoms with Crippen LogP contribution in [0.4, 0.5) is 10.5 Å². The summed E-state index contributed by atoms with van der Waals surface area (Å²) in [7, 11) is 0. The number of hydrogen-bond acceptors (Lipinski definition) is 4. The number of ether oxygens (including phenoxy) is 2. The van der Waals surface area contributed by atoms with Crippen LogP contribution in [0.3, 0.4) is 0 Å². The molecular weight excluding hydrogens is 344 g/mol. The van der Waals surface area contributed by atoms with Crippen molar-refractivity contribution < 1.29 is 19.1 Å². The van der Waals surface area contributed by atoms with E-state index in [1.807, 2.05) is 0 Å². The Morgan fingerprint density at radius 1 is 1.04 bits per heavy atom. The molecule has 0 fully saturated rings. The van der Waals surface area contributed by atoms with Gasteiger partial charge in [0.2, 0.25) is 0 Å². The molecule has 0 spiro atoms. The Hall–Kier alpha value is -2.73. The van der Waals surface area contributed by atoms with Gasteiger partial charge >= 0.3 is 6.09 Å². The summed E-state index contributed by atoms with van der Waals surface area (Å²) in [5, 5.41) is 5.96. The van der Waals surface area contributed by atoms with Crippen LogP contribution in [0.1, 0.15) is 17.3 Å². The van der Waals surface area contributed by atoms with Gasteiger partial charge < -0.3 is 14.8 Å². The van der Waals surface area contributed by atoms with Crippen LogP contribution in [0.2, 0.25) is 5.02 Å². The molecule has 6 nitrogen and oxygen atoms in total. The maximum absolute atomic E-state index is 12.0. The molecule has 0 aliphatic carbocycles. The van der Waals surface area contributed by atoms with E-state index >= 15 is 0 Å². The molecule has 7 heteroatoms. The Morgan fingerprint density at radius 2 is 1.72 bits per heavy atom. The van der Waals surface area contributed by atoms with E-state index in [1.54, 1.807) is 55.5 Å². The van der Waals surface area contributed by atoms with Crippen molar-refractivity contribution in [1.82, 2.24) is 5.32 Å². The standard InChI is InChI=1S/C18H19ClN2O4/c1-2-24-18(23)21-15-7-3-13(4-8-15)17(22)20-11-12-25-16-9-5-14(19)6-10-16/h3-10H,2,11-12H2,1H3,(H,20,22)(H,21,23). The molecule has 0 saturated carbocycles. The summed E-state index contributed by atoms with van der Waals surface area (Å²) in [6, 6.07) is 13.5. The number of amides is 2. The lowest BCUT2D eigenvalue weighted by molar-refractivity contribution is 0.0947. The molecule has 0 radical (unpaired) electrons. The third-order valence-corrected chi connectivity index (χ3v) is 3.39. The maximum Gasteiger partial charge on any atom is 0.411 e. The van der Waals surface area contributed by atoms with Crippen molar-refractivity contribution in [2.75, 3.05) is 25.1 Å². The number of carbonyl (C=O) groups is 2. The van der Waals surface area contributed by atoms with Gasteiger partial charge in [-0.2, -0.15) is 0 Å². The highest BCUT2D eigenvalue weighted by Crippen LogP contribution is 2.15. The van der Waals surface area contributed by atoms with Crippen molar-refractivity contribution in [2.45, 2.75) is 6.92 Å². The van der Waals surface area contributed by atoms with E-state index in [0.29, 0.717) is 41.8 Å². The second kappa shape index (κ2) is 9.54.